The van der Waals surface area contributed by atoms with E-state index in [1.54, 1.807) is 0 Å². The molecule has 0 saturated carbocycles. The average Bonchev–Trinajstić information content (AvgIpc) is 2.28. The van der Waals surface area contributed by atoms with Gasteiger partial charge in [-0.15, -0.1) is 0 Å². The Morgan fingerprint density at radius 3 is 2.18 bits per heavy atom. The Hall–Kier alpha value is -1.84. The lowest BCUT2D eigenvalue weighted by molar-refractivity contribution is -0.146. The molecule has 0 aliphatic rings. The minimum atomic E-state index is -1.11. The lowest BCUT2D eigenvalue weighted by Crippen LogP contribution is -2.35. The summed E-state index contributed by atoms with van der Waals surface area (Å²) in [6, 6.07) is 7.57. The monoisotopic (exact) mass is 235 g/mol. The Labute approximate surface area is 101 Å². The van der Waals surface area contributed by atoms with Crippen LogP contribution in [0.25, 0.3) is 0 Å². The molecule has 0 heterocycles. The van der Waals surface area contributed by atoms with Crippen molar-refractivity contribution in [2.24, 2.45) is 5.92 Å². The van der Waals surface area contributed by atoms with Gasteiger partial charge in [-0.1, -0.05) is 29.8 Å². The van der Waals surface area contributed by atoms with E-state index in [0.29, 0.717) is 0 Å². The van der Waals surface area contributed by atoms with Crippen LogP contribution in [0.3, 0.4) is 0 Å². The number of nitrogens with one attached hydrogen (secondary N) is 1. The van der Waals surface area contributed by atoms with Crippen LogP contribution in [-0.4, -0.2) is 17.0 Å². The predicted molar refractivity (Wildman–Crippen MR) is 64.5 cm³/mol. The predicted octanol–water partition coefficient (Wildman–Crippen LogP) is 1.89. The Bertz CT molecular complexity index is 411. The summed E-state index contributed by atoms with van der Waals surface area (Å²) in [5.74, 6) is -2.60. The fourth-order valence-electron chi connectivity index (χ4n) is 1.39. The molecule has 17 heavy (non-hydrogen) atoms. The zero-order chi connectivity index (χ0) is 13.0. The average molecular weight is 235 g/mol. The second-order valence-corrected chi connectivity index (χ2v) is 4.20. The van der Waals surface area contributed by atoms with Gasteiger partial charge in [0.2, 0.25) is 5.91 Å². The Morgan fingerprint density at radius 2 is 1.71 bits per heavy atom. The summed E-state index contributed by atoms with van der Waals surface area (Å²) in [5, 5.41) is 11.4. The third-order valence-corrected chi connectivity index (χ3v) is 2.70. The van der Waals surface area contributed by atoms with E-state index in [1.165, 1.54) is 6.92 Å². The maximum Gasteiger partial charge on any atom is 0.315 e. The van der Waals surface area contributed by atoms with Crippen LogP contribution in [-0.2, 0) is 9.59 Å². The molecule has 1 amide bonds. The highest BCUT2D eigenvalue weighted by molar-refractivity contribution is 5.96. The number of carboxylic acid groups (broad SMARTS) is 1. The maximum absolute atomic E-state index is 11.5. The van der Waals surface area contributed by atoms with Crippen molar-refractivity contribution in [2.45, 2.75) is 26.8 Å². The third kappa shape index (κ3) is 3.59. The number of benzene rings is 1. The van der Waals surface area contributed by atoms with E-state index in [1.807, 2.05) is 38.1 Å². The minimum Gasteiger partial charge on any atom is -0.481 e. The number of amides is 1. The number of carbonyl (C=O) groups is 2. The summed E-state index contributed by atoms with van der Waals surface area (Å²) in [4.78, 5) is 22.2. The van der Waals surface area contributed by atoms with Crippen LogP contribution in [0, 0.1) is 12.8 Å². The van der Waals surface area contributed by atoms with Crippen LogP contribution in [0.5, 0.6) is 0 Å². The first-order valence-corrected chi connectivity index (χ1v) is 5.51. The van der Waals surface area contributed by atoms with Crippen molar-refractivity contribution in [1.82, 2.24) is 5.32 Å². The molecular formula is C13H17NO3. The molecule has 0 aliphatic carbocycles. The van der Waals surface area contributed by atoms with Gasteiger partial charge in [0.25, 0.3) is 0 Å². The van der Waals surface area contributed by atoms with Crippen molar-refractivity contribution in [3.63, 3.8) is 0 Å². The largest absolute Gasteiger partial charge is 0.481 e. The molecule has 0 spiro atoms. The zero-order valence-electron chi connectivity index (χ0n) is 10.2. The van der Waals surface area contributed by atoms with Crippen LogP contribution in [0.4, 0.5) is 0 Å². The van der Waals surface area contributed by atoms with Crippen LogP contribution in [0.2, 0.25) is 0 Å². The number of hydrogen-bond donors (Lipinski definition) is 2. The van der Waals surface area contributed by atoms with Crippen molar-refractivity contribution in [2.75, 3.05) is 0 Å². The first-order chi connectivity index (χ1) is 7.91. The molecule has 0 aromatic heterocycles. The van der Waals surface area contributed by atoms with Crippen molar-refractivity contribution < 1.29 is 14.7 Å². The molecule has 0 saturated heterocycles. The highest BCUT2D eigenvalue weighted by Crippen LogP contribution is 2.13. The first-order valence-electron chi connectivity index (χ1n) is 5.51. The van der Waals surface area contributed by atoms with E-state index in [-0.39, 0.29) is 6.04 Å². The second kappa shape index (κ2) is 5.48. The molecule has 4 nitrogen and oxygen atoms in total. The molecule has 0 fully saturated rings. The summed E-state index contributed by atoms with van der Waals surface area (Å²) in [7, 11) is 0. The summed E-state index contributed by atoms with van der Waals surface area (Å²) >= 11 is 0. The number of carbonyl (C=O) groups excluding carboxylic acids is 1. The standard InChI is InChI=1S/C13H17NO3/c1-8-4-6-11(7-5-8)10(3)14-12(15)9(2)13(16)17/h4-7,9-10H,1-3H3,(H,14,15)(H,16,17). The van der Waals surface area contributed by atoms with Gasteiger partial charge >= 0.3 is 5.97 Å². The van der Waals surface area contributed by atoms with Gasteiger partial charge in [-0.05, 0) is 26.3 Å². The van der Waals surface area contributed by atoms with Crippen molar-refractivity contribution in [1.29, 1.82) is 0 Å². The molecule has 92 valence electrons. The molecule has 1 aromatic carbocycles. The third-order valence-electron chi connectivity index (χ3n) is 2.70. The van der Waals surface area contributed by atoms with Gasteiger partial charge in [-0.2, -0.15) is 0 Å². The first kappa shape index (κ1) is 13.2. The van der Waals surface area contributed by atoms with Gasteiger partial charge in [0.15, 0.2) is 0 Å². The molecule has 1 rings (SSSR count). The van der Waals surface area contributed by atoms with Gasteiger partial charge in [0.05, 0.1) is 6.04 Å². The maximum atomic E-state index is 11.5. The van der Waals surface area contributed by atoms with Crippen LogP contribution in [0.1, 0.15) is 31.0 Å². The smallest absolute Gasteiger partial charge is 0.315 e. The van der Waals surface area contributed by atoms with E-state index in [2.05, 4.69) is 5.32 Å². The molecule has 0 radical (unpaired) electrons. The highest BCUT2D eigenvalue weighted by Gasteiger charge is 2.21. The fourth-order valence-corrected chi connectivity index (χ4v) is 1.39. The molecule has 2 atom stereocenters. The minimum absolute atomic E-state index is 0.190. The summed E-state index contributed by atoms with van der Waals surface area (Å²) < 4.78 is 0. The molecule has 2 N–H and O–H groups in total. The van der Waals surface area contributed by atoms with E-state index in [9.17, 15) is 9.59 Å². The van der Waals surface area contributed by atoms with Crippen molar-refractivity contribution in [3.8, 4) is 0 Å². The van der Waals surface area contributed by atoms with Gasteiger partial charge in [-0.25, -0.2) is 0 Å². The van der Waals surface area contributed by atoms with Gasteiger partial charge in [0.1, 0.15) is 5.92 Å². The summed E-state index contributed by atoms with van der Waals surface area (Å²) in [5.41, 5.74) is 2.10. The lowest BCUT2D eigenvalue weighted by Gasteiger charge is -2.16. The zero-order valence-corrected chi connectivity index (χ0v) is 10.2. The van der Waals surface area contributed by atoms with Crippen LogP contribution < -0.4 is 5.32 Å². The Balaban J connectivity index is 2.66. The van der Waals surface area contributed by atoms with Crippen LogP contribution in [0.15, 0.2) is 24.3 Å². The Kier molecular flexibility index (Phi) is 4.26. The number of carboxylic acids is 1. The number of aliphatic carboxylic acids is 1. The molecule has 0 bridgehead atoms. The molecule has 1 aromatic rings. The molecule has 0 aliphatic heterocycles. The fraction of sp³-hybridized carbons (Fsp3) is 0.385. The summed E-state index contributed by atoms with van der Waals surface area (Å²) in [6.45, 7) is 5.19. The van der Waals surface area contributed by atoms with Crippen molar-refractivity contribution >= 4 is 11.9 Å². The van der Waals surface area contributed by atoms with Crippen molar-refractivity contribution in [3.05, 3.63) is 35.4 Å². The van der Waals surface area contributed by atoms with Gasteiger partial charge in [-0.3, -0.25) is 9.59 Å². The number of rotatable bonds is 4. The van der Waals surface area contributed by atoms with Gasteiger partial charge in [0, 0.05) is 0 Å². The highest BCUT2D eigenvalue weighted by atomic mass is 16.4. The summed E-state index contributed by atoms with van der Waals surface area (Å²) in [6.07, 6.45) is 0. The second-order valence-electron chi connectivity index (χ2n) is 4.20. The molecular weight excluding hydrogens is 218 g/mol. The SMILES string of the molecule is Cc1ccc(C(C)NC(=O)C(C)C(=O)O)cc1. The molecule has 2 unspecified atom stereocenters. The number of aryl methyl sites for hydroxylation is 1. The normalized spacial score (nSPS) is 13.8. The van der Waals surface area contributed by atoms with E-state index in [4.69, 9.17) is 5.11 Å². The topological polar surface area (TPSA) is 66.4 Å². The van der Waals surface area contributed by atoms with Gasteiger partial charge < -0.3 is 10.4 Å². The Morgan fingerprint density at radius 1 is 1.18 bits per heavy atom. The lowest BCUT2D eigenvalue weighted by atomic mass is 10.1. The molecule has 4 heteroatoms. The number of hydrogen-bond acceptors (Lipinski definition) is 2. The van der Waals surface area contributed by atoms with Crippen LogP contribution >= 0.6 is 0 Å². The van der Waals surface area contributed by atoms with E-state index in [0.717, 1.165) is 11.1 Å². The van der Waals surface area contributed by atoms with E-state index < -0.39 is 17.8 Å². The van der Waals surface area contributed by atoms with E-state index >= 15 is 0 Å². The quantitative estimate of drug-likeness (QED) is 0.783.